The summed E-state index contributed by atoms with van der Waals surface area (Å²) in [6.07, 6.45) is 3.67. The predicted molar refractivity (Wildman–Crippen MR) is 114 cm³/mol. The second-order valence-electron chi connectivity index (χ2n) is 6.10. The molecule has 4 nitrogen and oxygen atoms in total. The molecule has 5 heteroatoms. The highest BCUT2D eigenvalue weighted by atomic mass is 32.2. The van der Waals surface area contributed by atoms with Gasteiger partial charge < -0.3 is 9.73 Å². The van der Waals surface area contributed by atoms with Crippen LogP contribution in [0.15, 0.2) is 94.4 Å². The molecule has 28 heavy (non-hydrogen) atoms. The highest BCUT2D eigenvalue weighted by Crippen LogP contribution is 2.30. The summed E-state index contributed by atoms with van der Waals surface area (Å²) in [5, 5.41) is 3.00. The number of thioether (sulfide) groups is 1. The summed E-state index contributed by atoms with van der Waals surface area (Å²) in [6, 6.07) is 24.8. The number of aromatic nitrogens is 1. The number of hydrogen-bond donors (Lipinski definition) is 1. The van der Waals surface area contributed by atoms with Gasteiger partial charge in [0.05, 0.1) is 17.4 Å². The van der Waals surface area contributed by atoms with Crippen molar-refractivity contribution < 1.29 is 9.21 Å². The number of carbonyl (C=O) groups excluding carboxylic acids is 1. The lowest BCUT2D eigenvalue weighted by Crippen LogP contribution is -2.13. The maximum absolute atomic E-state index is 13.0. The summed E-state index contributed by atoms with van der Waals surface area (Å²) in [7, 11) is 0. The van der Waals surface area contributed by atoms with Gasteiger partial charge in [0.25, 0.3) is 5.91 Å². The third-order valence-electron chi connectivity index (χ3n) is 4.32. The first-order valence-corrected chi connectivity index (χ1v) is 10.0. The lowest BCUT2D eigenvalue weighted by molar-refractivity contribution is 0.102. The van der Waals surface area contributed by atoms with Crippen LogP contribution in [0.2, 0.25) is 0 Å². The topological polar surface area (TPSA) is 55.1 Å². The van der Waals surface area contributed by atoms with Crippen LogP contribution in [0.25, 0.3) is 22.8 Å². The smallest absolute Gasteiger partial charge is 0.256 e. The van der Waals surface area contributed by atoms with Crippen molar-refractivity contribution in [2.45, 2.75) is 4.90 Å². The highest BCUT2D eigenvalue weighted by Gasteiger charge is 2.17. The summed E-state index contributed by atoms with van der Waals surface area (Å²) in [5.41, 5.74) is 2.90. The van der Waals surface area contributed by atoms with E-state index >= 15 is 0 Å². The van der Waals surface area contributed by atoms with Gasteiger partial charge >= 0.3 is 0 Å². The molecular formula is C23H18N2O2S. The molecule has 0 aliphatic rings. The summed E-state index contributed by atoms with van der Waals surface area (Å²) in [5.74, 6) is 0.887. The molecule has 0 atom stereocenters. The second-order valence-corrected chi connectivity index (χ2v) is 6.94. The summed E-state index contributed by atoms with van der Waals surface area (Å²) in [4.78, 5) is 18.4. The number of para-hydroxylation sites is 1. The van der Waals surface area contributed by atoms with Gasteiger partial charge in [-0.2, -0.15) is 0 Å². The van der Waals surface area contributed by atoms with Crippen LogP contribution in [0.4, 0.5) is 5.69 Å². The number of rotatable bonds is 5. The molecule has 138 valence electrons. The van der Waals surface area contributed by atoms with Crippen molar-refractivity contribution in [1.29, 1.82) is 0 Å². The van der Waals surface area contributed by atoms with Gasteiger partial charge in [-0.1, -0.05) is 54.6 Å². The van der Waals surface area contributed by atoms with Crippen molar-refractivity contribution in [3.8, 4) is 22.8 Å². The van der Waals surface area contributed by atoms with E-state index in [1.54, 1.807) is 24.0 Å². The third kappa shape index (κ3) is 3.70. The van der Waals surface area contributed by atoms with E-state index in [-0.39, 0.29) is 5.91 Å². The monoisotopic (exact) mass is 386 g/mol. The van der Waals surface area contributed by atoms with E-state index < -0.39 is 0 Å². The van der Waals surface area contributed by atoms with Gasteiger partial charge in [0.2, 0.25) is 5.89 Å². The van der Waals surface area contributed by atoms with Crippen molar-refractivity contribution in [2.24, 2.45) is 0 Å². The number of nitrogens with one attached hydrogen (secondary N) is 1. The molecule has 0 saturated carbocycles. The van der Waals surface area contributed by atoms with Crippen LogP contribution in [-0.2, 0) is 0 Å². The molecule has 0 bridgehead atoms. The van der Waals surface area contributed by atoms with Crippen LogP contribution in [0.3, 0.4) is 0 Å². The molecular weight excluding hydrogens is 368 g/mol. The summed E-state index contributed by atoms with van der Waals surface area (Å²) < 4.78 is 5.95. The van der Waals surface area contributed by atoms with Gasteiger partial charge in [-0.05, 0) is 30.5 Å². The number of anilines is 1. The van der Waals surface area contributed by atoms with Gasteiger partial charge in [-0.25, -0.2) is 4.98 Å². The fourth-order valence-electron chi connectivity index (χ4n) is 2.94. The SMILES string of the molecule is CSc1ccccc1NC(=O)c1ccccc1-c1ncc(-c2ccccc2)o1. The normalized spacial score (nSPS) is 10.6. The molecule has 0 saturated heterocycles. The van der Waals surface area contributed by atoms with E-state index in [0.29, 0.717) is 22.8 Å². The maximum Gasteiger partial charge on any atom is 0.256 e. The van der Waals surface area contributed by atoms with Crippen LogP contribution in [-0.4, -0.2) is 17.1 Å². The van der Waals surface area contributed by atoms with Crippen molar-refractivity contribution in [3.63, 3.8) is 0 Å². The van der Waals surface area contributed by atoms with E-state index in [1.807, 2.05) is 79.1 Å². The zero-order chi connectivity index (χ0) is 19.3. The summed E-state index contributed by atoms with van der Waals surface area (Å²) >= 11 is 1.59. The maximum atomic E-state index is 13.0. The minimum atomic E-state index is -0.198. The predicted octanol–water partition coefficient (Wildman–Crippen LogP) is 5.98. The van der Waals surface area contributed by atoms with E-state index in [0.717, 1.165) is 16.1 Å². The number of oxazole rings is 1. The summed E-state index contributed by atoms with van der Waals surface area (Å²) in [6.45, 7) is 0. The first kappa shape index (κ1) is 18.1. The second kappa shape index (κ2) is 8.15. The van der Waals surface area contributed by atoms with Crippen LogP contribution in [0.1, 0.15) is 10.4 Å². The van der Waals surface area contributed by atoms with Crippen LogP contribution >= 0.6 is 11.8 Å². The van der Waals surface area contributed by atoms with Gasteiger partial charge in [0.1, 0.15) is 0 Å². The molecule has 0 radical (unpaired) electrons. The number of amides is 1. The van der Waals surface area contributed by atoms with Crippen molar-refractivity contribution in [1.82, 2.24) is 4.98 Å². The molecule has 3 aromatic carbocycles. The molecule has 0 fully saturated rings. The fraction of sp³-hybridized carbons (Fsp3) is 0.0435. The Morgan fingerprint density at radius 3 is 2.46 bits per heavy atom. The standard InChI is InChI=1S/C23H18N2O2S/c1-28-21-14-8-7-13-19(21)25-22(26)17-11-5-6-12-18(17)23-24-15-20(27-23)16-9-3-2-4-10-16/h2-15H,1H3,(H,25,26). The Morgan fingerprint density at radius 1 is 0.929 bits per heavy atom. The number of nitrogens with zero attached hydrogens (tertiary/aromatic N) is 1. The quantitative estimate of drug-likeness (QED) is 0.429. The molecule has 0 aliphatic carbocycles. The Bertz CT molecular complexity index is 1110. The van der Waals surface area contributed by atoms with Crippen LogP contribution < -0.4 is 5.32 Å². The lowest BCUT2D eigenvalue weighted by Gasteiger charge is -2.11. The van der Waals surface area contributed by atoms with Crippen LogP contribution in [0, 0.1) is 0 Å². The minimum absolute atomic E-state index is 0.198. The number of carbonyl (C=O) groups is 1. The van der Waals surface area contributed by atoms with E-state index in [1.165, 1.54) is 0 Å². The zero-order valence-electron chi connectivity index (χ0n) is 15.3. The molecule has 1 amide bonds. The Morgan fingerprint density at radius 2 is 1.64 bits per heavy atom. The lowest BCUT2D eigenvalue weighted by atomic mass is 10.1. The third-order valence-corrected chi connectivity index (χ3v) is 5.12. The zero-order valence-corrected chi connectivity index (χ0v) is 16.1. The molecule has 1 aromatic heterocycles. The van der Waals surface area contributed by atoms with E-state index in [9.17, 15) is 4.79 Å². The number of hydrogen-bond acceptors (Lipinski definition) is 4. The molecule has 0 aliphatic heterocycles. The van der Waals surface area contributed by atoms with Gasteiger partial charge in [0, 0.05) is 16.0 Å². The van der Waals surface area contributed by atoms with E-state index in [2.05, 4.69) is 10.3 Å². The van der Waals surface area contributed by atoms with E-state index in [4.69, 9.17) is 4.42 Å². The Balaban J connectivity index is 1.66. The molecule has 4 aromatic rings. The fourth-order valence-corrected chi connectivity index (χ4v) is 3.49. The van der Waals surface area contributed by atoms with Crippen molar-refractivity contribution in [3.05, 3.63) is 90.6 Å². The average molecular weight is 386 g/mol. The first-order valence-electron chi connectivity index (χ1n) is 8.81. The number of benzene rings is 3. The van der Waals surface area contributed by atoms with Crippen molar-refractivity contribution in [2.75, 3.05) is 11.6 Å². The van der Waals surface area contributed by atoms with Gasteiger partial charge in [0.15, 0.2) is 5.76 Å². The first-order chi connectivity index (χ1) is 13.8. The highest BCUT2D eigenvalue weighted by molar-refractivity contribution is 7.98. The minimum Gasteiger partial charge on any atom is -0.436 e. The Hall–Kier alpha value is -3.31. The van der Waals surface area contributed by atoms with Gasteiger partial charge in [-0.3, -0.25) is 4.79 Å². The molecule has 0 unspecified atom stereocenters. The largest absolute Gasteiger partial charge is 0.436 e. The molecule has 1 heterocycles. The Kier molecular flexibility index (Phi) is 5.26. The van der Waals surface area contributed by atoms with Gasteiger partial charge in [-0.15, -0.1) is 11.8 Å². The molecule has 0 spiro atoms. The molecule has 1 N–H and O–H groups in total. The molecule has 4 rings (SSSR count). The van der Waals surface area contributed by atoms with Crippen LogP contribution in [0.5, 0.6) is 0 Å². The average Bonchev–Trinajstić information content (AvgIpc) is 3.25. The van der Waals surface area contributed by atoms with Crippen molar-refractivity contribution >= 4 is 23.4 Å². The Labute approximate surface area is 167 Å².